The van der Waals surface area contributed by atoms with Gasteiger partial charge in [0.25, 0.3) is 0 Å². The summed E-state index contributed by atoms with van der Waals surface area (Å²) >= 11 is 0. The van der Waals surface area contributed by atoms with Crippen molar-refractivity contribution in [1.29, 1.82) is 0 Å². The lowest BCUT2D eigenvalue weighted by atomic mass is 9.80. The standard InChI is InChI=1S/C21H24N2O2/c1-25-19-8-6-16(7-9-19)14-23-11-10-21(15-23)12-17-4-2-3-5-18(17)13-22-20(21)24/h2-9H,10-15H2,1H3,(H,22,24). The summed E-state index contributed by atoms with van der Waals surface area (Å²) < 4.78 is 5.22. The summed E-state index contributed by atoms with van der Waals surface area (Å²) in [5, 5.41) is 3.15. The number of hydrogen-bond acceptors (Lipinski definition) is 3. The summed E-state index contributed by atoms with van der Waals surface area (Å²) in [7, 11) is 1.68. The van der Waals surface area contributed by atoms with Gasteiger partial charge in [0, 0.05) is 19.6 Å². The number of amides is 1. The Labute approximate surface area is 148 Å². The SMILES string of the molecule is COc1ccc(CN2CCC3(Cc4ccccc4CNC3=O)C2)cc1. The van der Waals surface area contributed by atoms with Gasteiger partial charge in [0.2, 0.25) is 5.91 Å². The third kappa shape index (κ3) is 3.14. The minimum absolute atomic E-state index is 0.209. The third-order valence-electron chi connectivity index (χ3n) is 5.57. The lowest BCUT2D eigenvalue weighted by Gasteiger charge is -2.26. The van der Waals surface area contributed by atoms with Crippen LogP contribution in [0, 0.1) is 5.41 Å². The number of rotatable bonds is 3. The fourth-order valence-corrected chi connectivity index (χ4v) is 4.12. The van der Waals surface area contributed by atoms with Crippen LogP contribution in [-0.4, -0.2) is 31.0 Å². The highest BCUT2D eigenvalue weighted by Crippen LogP contribution is 2.37. The minimum atomic E-state index is -0.293. The number of benzene rings is 2. The Kier molecular flexibility index (Phi) is 4.22. The van der Waals surface area contributed by atoms with Crippen LogP contribution < -0.4 is 10.1 Å². The van der Waals surface area contributed by atoms with Gasteiger partial charge in [-0.3, -0.25) is 9.69 Å². The van der Waals surface area contributed by atoms with Crippen LogP contribution in [0.5, 0.6) is 5.75 Å². The van der Waals surface area contributed by atoms with Crippen LogP contribution >= 0.6 is 0 Å². The zero-order chi connectivity index (χ0) is 17.3. The number of carbonyl (C=O) groups excluding carboxylic acids is 1. The van der Waals surface area contributed by atoms with Gasteiger partial charge in [0.1, 0.15) is 5.75 Å². The normalized spacial score (nSPS) is 23.2. The van der Waals surface area contributed by atoms with E-state index in [4.69, 9.17) is 4.74 Å². The third-order valence-corrected chi connectivity index (χ3v) is 5.57. The van der Waals surface area contributed by atoms with E-state index in [-0.39, 0.29) is 11.3 Å². The number of hydrogen-bond donors (Lipinski definition) is 1. The molecule has 1 fully saturated rings. The van der Waals surface area contributed by atoms with E-state index >= 15 is 0 Å². The smallest absolute Gasteiger partial charge is 0.228 e. The van der Waals surface area contributed by atoms with E-state index in [0.717, 1.165) is 38.2 Å². The summed E-state index contributed by atoms with van der Waals surface area (Å²) in [5.74, 6) is 1.09. The largest absolute Gasteiger partial charge is 0.497 e. The van der Waals surface area contributed by atoms with Gasteiger partial charge in [-0.2, -0.15) is 0 Å². The molecule has 2 aromatic carbocycles. The Balaban J connectivity index is 1.50. The van der Waals surface area contributed by atoms with Crippen molar-refractivity contribution in [2.24, 2.45) is 5.41 Å². The van der Waals surface area contributed by atoms with Crippen molar-refractivity contribution in [2.75, 3.05) is 20.2 Å². The first-order chi connectivity index (χ1) is 12.2. The van der Waals surface area contributed by atoms with E-state index in [1.165, 1.54) is 16.7 Å². The van der Waals surface area contributed by atoms with Crippen molar-refractivity contribution in [3.63, 3.8) is 0 Å². The van der Waals surface area contributed by atoms with Gasteiger partial charge in [0.15, 0.2) is 0 Å². The predicted molar refractivity (Wildman–Crippen MR) is 97.3 cm³/mol. The molecule has 1 spiro atoms. The van der Waals surface area contributed by atoms with E-state index in [0.29, 0.717) is 6.54 Å². The lowest BCUT2D eigenvalue weighted by molar-refractivity contribution is -0.130. The molecule has 2 aromatic rings. The van der Waals surface area contributed by atoms with E-state index in [9.17, 15) is 4.79 Å². The van der Waals surface area contributed by atoms with Crippen LogP contribution in [0.2, 0.25) is 0 Å². The Morgan fingerprint density at radius 3 is 2.64 bits per heavy atom. The number of nitrogens with one attached hydrogen (secondary N) is 1. The first kappa shape index (κ1) is 16.2. The Morgan fingerprint density at radius 2 is 1.88 bits per heavy atom. The van der Waals surface area contributed by atoms with Gasteiger partial charge in [-0.05, 0) is 48.2 Å². The van der Waals surface area contributed by atoms with Crippen LogP contribution in [-0.2, 0) is 24.3 Å². The first-order valence-corrected chi connectivity index (χ1v) is 8.89. The molecule has 2 aliphatic rings. The summed E-state index contributed by atoms with van der Waals surface area (Å²) in [6.45, 7) is 3.30. The molecule has 1 atom stereocenters. The van der Waals surface area contributed by atoms with Crippen LogP contribution in [0.1, 0.15) is 23.1 Å². The monoisotopic (exact) mass is 336 g/mol. The molecule has 2 aliphatic heterocycles. The molecule has 0 aromatic heterocycles. The number of nitrogens with zero attached hydrogens (tertiary/aromatic N) is 1. The zero-order valence-corrected chi connectivity index (χ0v) is 14.6. The molecule has 1 N–H and O–H groups in total. The number of carbonyl (C=O) groups is 1. The van der Waals surface area contributed by atoms with Gasteiger partial charge in [0.05, 0.1) is 12.5 Å². The van der Waals surface area contributed by atoms with Crippen molar-refractivity contribution < 1.29 is 9.53 Å². The quantitative estimate of drug-likeness (QED) is 0.937. The topological polar surface area (TPSA) is 41.6 Å². The van der Waals surface area contributed by atoms with Crippen LogP contribution in [0.25, 0.3) is 0 Å². The average molecular weight is 336 g/mol. The highest BCUT2D eigenvalue weighted by atomic mass is 16.5. The van der Waals surface area contributed by atoms with Crippen LogP contribution in [0.4, 0.5) is 0 Å². The molecule has 130 valence electrons. The van der Waals surface area contributed by atoms with Gasteiger partial charge < -0.3 is 10.1 Å². The van der Waals surface area contributed by atoms with Crippen LogP contribution in [0.15, 0.2) is 48.5 Å². The Hall–Kier alpha value is -2.33. The average Bonchev–Trinajstić information content (AvgIpc) is 2.99. The Morgan fingerprint density at radius 1 is 1.12 bits per heavy atom. The van der Waals surface area contributed by atoms with Crippen molar-refractivity contribution in [2.45, 2.75) is 25.9 Å². The van der Waals surface area contributed by atoms with Gasteiger partial charge in [-0.25, -0.2) is 0 Å². The minimum Gasteiger partial charge on any atom is -0.497 e. The van der Waals surface area contributed by atoms with E-state index in [1.54, 1.807) is 7.11 Å². The molecule has 2 heterocycles. The Bertz CT molecular complexity index is 772. The fraction of sp³-hybridized carbons (Fsp3) is 0.381. The second kappa shape index (κ2) is 6.52. The van der Waals surface area contributed by atoms with Crippen molar-refractivity contribution in [3.8, 4) is 5.75 Å². The summed E-state index contributed by atoms with van der Waals surface area (Å²) in [6, 6.07) is 16.6. The van der Waals surface area contributed by atoms with Crippen LogP contribution in [0.3, 0.4) is 0 Å². The molecule has 25 heavy (non-hydrogen) atoms. The lowest BCUT2D eigenvalue weighted by Crippen LogP contribution is -2.42. The molecular formula is C21H24N2O2. The molecule has 4 nitrogen and oxygen atoms in total. The fourth-order valence-electron chi connectivity index (χ4n) is 4.12. The van der Waals surface area contributed by atoms with Crippen molar-refractivity contribution >= 4 is 5.91 Å². The maximum atomic E-state index is 12.8. The van der Waals surface area contributed by atoms with E-state index < -0.39 is 0 Å². The predicted octanol–water partition coefficient (Wildman–Crippen LogP) is 2.76. The zero-order valence-electron chi connectivity index (χ0n) is 14.6. The summed E-state index contributed by atoms with van der Waals surface area (Å²) in [4.78, 5) is 15.2. The maximum Gasteiger partial charge on any atom is 0.228 e. The molecule has 1 unspecified atom stereocenters. The molecule has 0 bridgehead atoms. The number of ether oxygens (including phenoxy) is 1. The number of fused-ring (bicyclic) bond motifs is 1. The first-order valence-electron chi connectivity index (χ1n) is 8.89. The van der Waals surface area contributed by atoms with Gasteiger partial charge in [-0.1, -0.05) is 36.4 Å². The molecular weight excluding hydrogens is 312 g/mol. The summed E-state index contributed by atoms with van der Waals surface area (Å²) in [6.07, 6.45) is 1.76. The number of likely N-dealkylation sites (tertiary alicyclic amines) is 1. The van der Waals surface area contributed by atoms with Crippen molar-refractivity contribution in [3.05, 3.63) is 65.2 Å². The molecule has 0 aliphatic carbocycles. The highest BCUT2D eigenvalue weighted by molar-refractivity contribution is 5.84. The molecule has 0 radical (unpaired) electrons. The maximum absolute atomic E-state index is 12.8. The molecule has 4 rings (SSSR count). The molecule has 4 heteroatoms. The van der Waals surface area contributed by atoms with E-state index in [1.807, 2.05) is 18.2 Å². The molecule has 1 saturated heterocycles. The second-order valence-corrected chi connectivity index (χ2v) is 7.22. The summed E-state index contributed by atoms with van der Waals surface area (Å²) in [5.41, 5.74) is 3.53. The number of methoxy groups -OCH3 is 1. The van der Waals surface area contributed by atoms with E-state index in [2.05, 4.69) is 40.5 Å². The van der Waals surface area contributed by atoms with Crippen molar-refractivity contribution in [1.82, 2.24) is 10.2 Å². The van der Waals surface area contributed by atoms with Gasteiger partial charge >= 0.3 is 0 Å². The van der Waals surface area contributed by atoms with Gasteiger partial charge in [-0.15, -0.1) is 0 Å². The second-order valence-electron chi connectivity index (χ2n) is 7.22. The molecule has 1 amide bonds. The molecule has 0 saturated carbocycles. The highest BCUT2D eigenvalue weighted by Gasteiger charge is 2.45.